The summed E-state index contributed by atoms with van der Waals surface area (Å²) in [7, 11) is 1.92. The van der Waals surface area contributed by atoms with Gasteiger partial charge in [-0.2, -0.15) is 4.90 Å². The molecule has 1 unspecified atom stereocenters. The van der Waals surface area contributed by atoms with Crippen LogP contribution < -0.4 is 10.2 Å². The largest absolute Gasteiger partial charge is 0.443 e. The zero-order valence-electron chi connectivity index (χ0n) is 18.9. The smallest absolute Gasteiger partial charge is 0.425 e. The lowest BCUT2D eigenvalue weighted by atomic mass is 9.94. The minimum atomic E-state index is -0.871. The number of rotatable bonds is 4. The van der Waals surface area contributed by atoms with Gasteiger partial charge in [-0.25, -0.2) is 9.59 Å². The lowest BCUT2D eigenvalue weighted by Gasteiger charge is -2.27. The highest BCUT2D eigenvalue weighted by molar-refractivity contribution is 6.08. The third kappa shape index (κ3) is 6.95. The second kappa shape index (κ2) is 9.38. The molecule has 164 valence electrons. The number of nitrogens with one attached hydrogen (secondary N) is 1. The number of imide groups is 1. The molecular weight excluding hydrogens is 384 g/mol. The van der Waals surface area contributed by atoms with Crippen LogP contribution >= 0.6 is 0 Å². The number of hydrogen-bond acceptors (Lipinski definition) is 7. The first-order valence-electron chi connectivity index (χ1n) is 10.0. The molecule has 0 spiro atoms. The molecular formula is C22H32N4O4. The van der Waals surface area contributed by atoms with Crippen molar-refractivity contribution in [1.29, 1.82) is 0 Å². The van der Waals surface area contributed by atoms with Gasteiger partial charge in [0.1, 0.15) is 11.2 Å². The summed E-state index contributed by atoms with van der Waals surface area (Å²) in [6.45, 7) is 11.2. The van der Waals surface area contributed by atoms with Gasteiger partial charge in [-0.15, -0.1) is 10.2 Å². The van der Waals surface area contributed by atoms with Crippen LogP contribution in [0, 0.1) is 5.92 Å². The first-order chi connectivity index (χ1) is 13.9. The second-order valence-electron chi connectivity index (χ2n) is 9.15. The first kappa shape index (κ1) is 23.5. The highest BCUT2D eigenvalue weighted by atomic mass is 16.6. The lowest BCUT2D eigenvalue weighted by Crippen LogP contribution is -2.44. The van der Waals surface area contributed by atoms with Gasteiger partial charge >= 0.3 is 12.2 Å². The maximum absolute atomic E-state index is 12.7. The van der Waals surface area contributed by atoms with Crippen molar-refractivity contribution < 1.29 is 19.1 Å². The number of nitrogens with zero attached hydrogens (tertiary/aromatic N) is 3. The Bertz CT molecular complexity index is 789. The van der Waals surface area contributed by atoms with Gasteiger partial charge in [-0.3, -0.25) is 0 Å². The van der Waals surface area contributed by atoms with Crippen molar-refractivity contribution in [3.8, 4) is 0 Å². The number of ether oxygens (including phenoxy) is 2. The van der Waals surface area contributed by atoms with Crippen molar-refractivity contribution in [2.75, 3.05) is 18.5 Å². The van der Waals surface area contributed by atoms with E-state index in [1.165, 1.54) is 0 Å². The van der Waals surface area contributed by atoms with E-state index in [2.05, 4.69) is 27.7 Å². The average molecular weight is 417 g/mol. The topological polar surface area (TPSA) is 93.7 Å². The number of carbonyl (C=O) groups is 2. The van der Waals surface area contributed by atoms with Crippen molar-refractivity contribution >= 4 is 23.6 Å². The minimum Gasteiger partial charge on any atom is -0.443 e. The van der Waals surface area contributed by atoms with E-state index in [9.17, 15) is 9.59 Å². The van der Waals surface area contributed by atoms with Crippen LogP contribution in [-0.4, -0.2) is 47.2 Å². The fraction of sp³-hybridized carbons (Fsp3) is 0.545. The van der Waals surface area contributed by atoms with E-state index in [0.29, 0.717) is 11.6 Å². The minimum absolute atomic E-state index is 0.0365. The lowest BCUT2D eigenvalue weighted by molar-refractivity contribution is 0.0428. The molecule has 8 heteroatoms. The molecule has 0 aromatic carbocycles. The van der Waals surface area contributed by atoms with Crippen LogP contribution in [0.4, 0.5) is 15.4 Å². The predicted octanol–water partition coefficient (Wildman–Crippen LogP) is 4.33. The summed E-state index contributed by atoms with van der Waals surface area (Å²) < 4.78 is 10.7. The molecule has 1 atom stereocenters. The number of aromatic nitrogens is 2. The van der Waals surface area contributed by atoms with Gasteiger partial charge in [0.15, 0.2) is 5.82 Å². The van der Waals surface area contributed by atoms with Crippen LogP contribution in [0.2, 0.25) is 0 Å². The zero-order chi connectivity index (χ0) is 22.5. The van der Waals surface area contributed by atoms with Gasteiger partial charge in [0, 0.05) is 6.54 Å². The van der Waals surface area contributed by atoms with Crippen molar-refractivity contribution in [1.82, 2.24) is 15.5 Å². The Morgan fingerprint density at radius 3 is 2.13 bits per heavy atom. The van der Waals surface area contributed by atoms with Crippen LogP contribution in [0.1, 0.15) is 53.7 Å². The Labute approximate surface area is 178 Å². The van der Waals surface area contributed by atoms with Crippen LogP contribution in [0.3, 0.4) is 0 Å². The maximum Gasteiger partial charge on any atom is 0.425 e. The summed E-state index contributed by atoms with van der Waals surface area (Å²) in [6.07, 6.45) is 5.45. The molecule has 0 fully saturated rings. The number of allylic oxidation sites excluding steroid dienone is 3. The number of anilines is 1. The summed E-state index contributed by atoms with van der Waals surface area (Å²) in [6, 6.07) is 3.29. The van der Waals surface area contributed by atoms with E-state index in [1.807, 2.05) is 13.1 Å². The zero-order valence-corrected chi connectivity index (χ0v) is 18.9. The Morgan fingerprint density at radius 1 is 1.07 bits per heavy atom. The molecule has 0 radical (unpaired) electrons. The molecule has 8 nitrogen and oxygen atoms in total. The van der Waals surface area contributed by atoms with Crippen LogP contribution in [0.15, 0.2) is 30.4 Å². The molecule has 2 rings (SSSR count). The van der Waals surface area contributed by atoms with Gasteiger partial charge in [-0.1, -0.05) is 18.2 Å². The van der Waals surface area contributed by atoms with Crippen molar-refractivity contribution in [2.24, 2.45) is 5.92 Å². The number of hydrogen-bond donors (Lipinski definition) is 1. The molecule has 30 heavy (non-hydrogen) atoms. The van der Waals surface area contributed by atoms with E-state index < -0.39 is 23.4 Å². The number of carbonyl (C=O) groups excluding carboxylic acids is 2. The molecule has 1 aliphatic rings. The third-order valence-corrected chi connectivity index (χ3v) is 3.95. The Balaban J connectivity index is 2.31. The average Bonchev–Trinajstić information content (AvgIpc) is 2.60. The summed E-state index contributed by atoms with van der Waals surface area (Å²) in [5.41, 5.74) is 0.0286. The van der Waals surface area contributed by atoms with E-state index in [0.717, 1.165) is 23.4 Å². The van der Waals surface area contributed by atoms with E-state index in [4.69, 9.17) is 9.47 Å². The van der Waals surface area contributed by atoms with E-state index in [1.54, 1.807) is 53.7 Å². The molecule has 2 amide bonds. The van der Waals surface area contributed by atoms with Crippen LogP contribution in [0.25, 0.3) is 5.57 Å². The van der Waals surface area contributed by atoms with Gasteiger partial charge in [0.05, 0.1) is 5.69 Å². The third-order valence-electron chi connectivity index (χ3n) is 3.95. The molecule has 1 N–H and O–H groups in total. The summed E-state index contributed by atoms with van der Waals surface area (Å²) >= 11 is 0. The van der Waals surface area contributed by atoms with E-state index in [-0.39, 0.29) is 5.82 Å². The molecule has 1 aliphatic carbocycles. The van der Waals surface area contributed by atoms with Crippen molar-refractivity contribution in [2.45, 2.75) is 59.2 Å². The van der Waals surface area contributed by atoms with Gasteiger partial charge in [0.25, 0.3) is 0 Å². The SMILES string of the molecule is CNCC1C=C(c2ccc(N(C(=O)OC(C)(C)C)C(=O)OC(C)(C)C)nn2)C=CC1. The normalized spacial score (nSPS) is 16.6. The Morgan fingerprint density at radius 2 is 1.67 bits per heavy atom. The predicted molar refractivity (Wildman–Crippen MR) is 116 cm³/mol. The highest BCUT2D eigenvalue weighted by Gasteiger charge is 2.33. The molecule has 1 aromatic heterocycles. The Hall–Kier alpha value is -2.74. The van der Waals surface area contributed by atoms with Crippen molar-refractivity contribution in [3.63, 3.8) is 0 Å². The monoisotopic (exact) mass is 416 g/mol. The van der Waals surface area contributed by atoms with Gasteiger partial charge in [-0.05, 0) is 78.6 Å². The van der Waals surface area contributed by atoms with Crippen LogP contribution in [0.5, 0.6) is 0 Å². The second-order valence-corrected chi connectivity index (χ2v) is 9.15. The number of amides is 2. The first-order valence-corrected chi connectivity index (χ1v) is 10.0. The van der Waals surface area contributed by atoms with Crippen molar-refractivity contribution in [3.05, 3.63) is 36.1 Å². The molecule has 1 heterocycles. The molecule has 0 saturated carbocycles. The van der Waals surface area contributed by atoms with Crippen LogP contribution in [-0.2, 0) is 9.47 Å². The maximum atomic E-state index is 12.7. The van der Waals surface area contributed by atoms with Gasteiger partial charge in [0.2, 0.25) is 0 Å². The summed E-state index contributed by atoms with van der Waals surface area (Å²) in [5.74, 6) is 0.408. The Kier molecular flexibility index (Phi) is 7.36. The van der Waals surface area contributed by atoms with E-state index >= 15 is 0 Å². The molecule has 1 aromatic rings. The molecule has 0 bridgehead atoms. The fourth-order valence-electron chi connectivity index (χ4n) is 2.80. The quantitative estimate of drug-likeness (QED) is 0.780. The summed E-state index contributed by atoms with van der Waals surface area (Å²) in [4.78, 5) is 26.2. The summed E-state index contributed by atoms with van der Waals surface area (Å²) in [5, 5.41) is 11.5. The molecule has 0 aliphatic heterocycles. The molecule has 0 saturated heterocycles. The van der Waals surface area contributed by atoms with Gasteiger partial charge < -0.3 is 14.8 Å². The standard InChI is InChI=1S/C22H32N4O4/c1-21(2,3)29-19(27)26(20(28)30-22(4,5)6)18-12-11-17(24-25-18)16-10-8-9-15(13-16)14-23-7/h8,10-13,15,23H,9,14H2,1-7H3. The highest BCUT2D eigenvalue weighted by Crippen LogP contribution is 2.25. The fourth-order valence-corrected chi connectivity index (χ4v) is 2.80.